The van der Waals surface area contributed by atoms with Crippen LogP contribution in [-0.2, 0) is 27.9 Å². The third-order valence-corrected chi connectivity index (χ3v) is 11.5. The van der Waals surface area contributed by atoms with Crippen LogP contribution in [0.1, 0.15) is 226 Å². The van der Waals surface area contributed by atoms with E-state index in [1.165, 1.54) is 161 Å². The molecule has 0 heterocycles. The molecule has 0 rings (SSSR count). The number of carbonyl (C=O) groups is 1. The van der Waals surface area contributed by atoms with E-state index in [2.05, 4.69) is 26.0 Å². The fraction of sp³-hybridized carbons (Fsp3) is 0.936. The van der Waals surface area contributed by atoms with Crippen LogP contribution in [0, 0.1) is 0 Å². The summed E-state index contributed by atoms with van der Waals surface area (Å²) < 4.78 is 34.7. The summed E-state index contributed by atoms with van der Waals surface area (Å²) in [5, 5.41) is 0. The SMILES string of the molecule is CCCCCCC/C=C\CCCCCCCC(=O)OC(COCCCCCCCCCCCCCCCCCCCCCC)COP(=O)([O-])OCC[N+](C)(C)C. The summed E-state index contributed by atoms with van der Waals surface area (Å²) in [6, 6.07) is 0. The van der Waals surface area contributed by atoms with Crippen molar-refractivity contribution in [1.29, 1.82) is 0 Å². The van der Waals surface area contributed by atoms with E-state index in [0.717, 1.165) is 44.9 Å². The van der Waals surface area contributed by atoms with Gasteiger partial charge in [-0.15, -0.1) is 0 Å². The normalized spacial score (nSPS) is 13.8. The van der Waals surface area contributed by atoms with E-state index in [9.17, 15) is 14.3 Å². The molecule has 0 aliphatic heterocycles. The molecule has 0 radical (unpaired) electrons. The van der Waals surface area contributed by atoms with Gasteiger partial charge in [0, 0.05) is 13.0 Å². The van der Waals surface area contributed by atoms with Crippen LogP contribution in [-0.4, -0.2) is 70.7 Å². The zero-order chi connectivity index (χ0) is 41.3. The summed E-state index contributed by atoms with van der Waals surface area (Å²) in [6.45, 7) is 5.44. The van der Waals surface area contributed by atoms with Crippen LogP contribution in [0.3, 0.4) is 0 Å². The molecule has 56 heavy (non-hydrogen) atoms. The van der Waals surface area contributed by atoms with Crippen LogP contribution in [0.2, 0.25) is 0 Å². The molecule has 2 unspecified atom stereocenters. The first kappa shape index (κ1) is 55.2. The van der Waals surface area contributed by atoms with Gasteiger partial charge in [-0.2, -0.15) is 0 Å². The molecule has 0 fully saturated rings. The summed E-state index contributed by atoms with van der Waals surface area (Å²) in [5.41, 5.74) is 0. The second-order valence-electron chi connectivity index (χ2n) is 17.5. The highest BCUT2D eigenvalue weighted by atomic mass is 31.2. The lowest BCUT2D eigenvalue weighted by Crippen LogP contribution is -2.37. The highest BCUT2D eigenvalue weighted by molar-refractivity contribution is 7.45. The molecule has 8 nitrogen and oxygen atoms in total. The van der Waals surface area contributed by atoms with Crippen molar-refractivity contribution >= 4 is 13.8 Å². The Morgan fingerprint density at radius 3 is 1.36 bits per heavy atom. The zero-order valence-electron chi connectivity index (χ0n) is 37.9. The van der Waals surface area contributed by atoms with Crippen molar-refractivity contribution in [2.75, 3.05) is 54.1 Å². The number of phosphoric ester groups is 1. The van der Waals surface area contributed by atoms with Crippen molar-refractivity contribution in [2.24, 2.45) is 0 Å². The molecular formula is C47H94NO7P. The minimum Gasteiger partial charge on any atom is -0.756 e. The fourth-order valence-electron chi connectivity index (χ4n) is 6.84. The third kappa shape index (κ3) is 44.3. The summed E-state index contributed by atoms with van der Waals surface area (Å²) in [4.78, 5) is 25.1. The Bertz CT molecular complexity index is 909. The number of likely N-dealkylation sites (N-methyl/N-ethyl adjacent to an activating group) is 1. The first-order valence-corrected chi connectivity index (χ1v) is 25.4. The summed E-state index contributed by atoms with van der Waals surface area (Å²) in [7, 11) is 1.36. The van der Waals surface area contributed by atoms with Gasteiger partial charge in [0.2, 0.25) is 0 Å². The predicted molar refractivity (Wildman–Crippen MR) is 236 cm³/mol. The van der Waals surface area contributed by atoms with Crippen LogP contribution in [0.25, 0.3) is 0 Å². The molecule has 0 bridgehead atoms. The van der Waals surface area contributed by atoms with Gasteiger partial charge in [-0.25, -0.2) is 0 Å². The highest BCUT2D eigenvalue weighted by Crippen LogP contribution is 2.38. The number of quaternary nitrogens is 1. The number of ether oxygens (including phenoxy) is 2. The number of hydrogen-bond acceptors (Lipinski definition) is 7. The molecule has 9 heteroatoms. The average molecular weight is 816 g/mol. The van der Waals surface area contributed by atoms with Crippen molar-refractivity contribution in [3.63, 3.8) is 0 Å². The number of nitrogens with zero attached hydrogens (tertiary/aromatic N) is 1. The molecule has 0 aromatic heterocycles. The van der Waals surface area contributed by atoms with E-state index in [4.69, 9.17) is 18.5 Å². The van der Waals surface area contributed by atoms with Crippen LogP contribution in [0.4, 0.5) is 0 Å². The maximum atomic E-state index is 12.7. The first-order valence-electron chi connectivity index (χ1n) is 23.9. The summed E-state index contributed by atoms with van der Waals surface area (Å²) >= 11 is 0. The van der Waals surface area contributed by atoms with E-state index in [-0.39, 0.29) is 25.8 Å². The lowest BCUT2D eigenvalue weighted by Gasteiger charge is -2.28. The average Bonchev–Trinajstić information content (AvgIpc) is 3.15. The predicted octanol–water partition coefficient (Wildman–Crippen LogP) is 13.6. The molecule has 0 aromatic rings. The molecule has 0 aromatic carbocycles. The second kappa shape index (κ2) is 41.0. The number of rotatable bonds is 45. The van der Waals surface area contributed by atoms with E-state index in [1.807, 2.05) is 21.1 Å². The summed E-state index contributed by atoms with van der Waals surface area (Å²) in [5.74, 6) is -0.338. The Morgan fingerprint density at radius 1 is 0.536 bits per heavy atom. The standard InChI is InChI=1S/C47H94NO7P/c1-6-8-10-12-14-16-18-20-22-23-24-25-26-27-29-31-33-35-37-39-42-52-44-46(45-54-56(50,51)53-43-41-48(3,4)5)55-47(49)40-38-36-34-32-30-28-21-19-17-15-13-11-9-7-2/h19,21,46H,6-18,20,22-45H2,1-5H3/b21-19-. The van der Waals surface area contributed by atoms with Gasteiger partial charge in [0.25, 0.3) is 7.82 Å². The van der Waals surface area contributed by atoms with Crippen molar-refractivity contribution in [1.82, 2.24) is 0 Å². The van der Waals surface area contributed by atoms with Gasteiger partial charge in [-0.1, -0.05) is 193 Å². The molecule has 334 valence electrons. The maximum Gasteiger partial charge on any atom is 0.306 e. The highest BCUT2D eigenvalue weighted by Gasteiger charge is 2.20. The topological polar surface area (TPSA) is 94.1 Å². The minimum atomic E-state index is -4.52. The van der Waals surface area contributed by atoms with Gasteiger partial charge < -0.3 is 27.9 Å². The minimum absolute atomic E-state index is 0.0279. The van der Waals surface area contributed by atoms with Gasteiger partial charge in [0.05, 0.1) is 34.4 Å². The van der Waals surface area contributed by atoms with Crippen LogP contribution >= 0.6 is 7.82 Å². The lowest BCUT2D eigenvalue weighted by molar-refractivity contribution is -0.870. The molecule has 0 saturated heterocycles. The molecule has 0 N–H and O–H groups in total. The molecule has 0 aliphatic rings. The molecule has 0 spiro atoms. The number of carbonyl (C=O) groups excluding carboxylic acids is 1. The Hall–Kier alpha value is -0.760. The number of unbranched alkanes of at least 4 members (excludes halogenated alkanes) is 29. The molecule has 0 amide bonds. The zero-order valence-corrected chi connectivity index (χ0v) is 38.7. The number of esters is 1. The van der Waals surface area contributed by atoms with Crippen molar-refractivity contribution in [3.05, 3.63) is 12.2 Å². The largest absolute Gasteiger partial charge is 0.756 e. The molecule has 0 saturated carbocycles. The van der Waals surface area contributed by atoms with Gasteiger partial charge in [0.1, 0.15) is 19.3 Å². The van der Waals surface area contributed by atoms with E-state index in [0.29, 0.717) is 24.1 Å². The number of allylic oxidation sites excluding steroid dienone is 2. The van der Waals surface area contributed by atoms with Gasteiger partial charge in [-0.3, -0.25) is 9.36 Å². The van der Waals surface area contributed by atoms with Crippen molar-refractivity contribution in [3.8, 4) is 0 Å². The first-order chi connectivity index (χ1) is 27.1. The Morgan fingerprint density at radius 2 is 0.929 bits per heavy atom. The van der Waals surface area contributed by atoms with Gasteiger partial charge >= 0.3 is 5.97 Å². The van der Waals surface area contributed by atoms with Crippen LogP contribution in [0.15, 0.2) is 12.2 Å². The quantitative estimate of drug-likeness (QED) is 0.0199. The van der Waals surface area contributed by atoms with E-state index >= 15 is 0 Å². The van der Waals surface area contributed by atoms with Crippen molar-refractivity contribution in [2.45, 2.75) is 232 Å². The smallest absolute Gasteiger partial charge is 0.306 e. The maximum absolute atomic E-state index is 12.7. The fourth-order valence-corrected chi connectivity index (χ4v) is 7.57. The van der Waals surface area contributed by atoms with E-state index < -0.39 is 13.9 Å². The molecule has 0 aliphatic carbocycles. The Labute approximate surface area is 348 Å². The van der Waals surface area contributed by atoms with Crippen LogP contribution < -0.4 is 4.89 Å². The number of hydrogen-bond donors (Lipinski definition) is 0. The monoisotopic (exact) mass is 816 g/mol. The Balaban J connectivity index is 4.13. The molecule has 2 atom stereocenters. The molecular weight excluding hydrogens is 721 g/mol. The lowest BCUT2D eigenvalue weighted by atomic mass is 10.0. The third-order valence-electron chi connectivity index (χ3n) is 10.6. The van der Waals surface area contributed by atoms with E-state index in [1.54, 1.807) is 0 Å². The Kier molecular flexibility index (Phi) is 40.4. The van der Waals surface area contributed by atoms with Crippen LogP contribution in [0.5, 0.6) is 0 Å². The van der Waals surface area contributed by atoms with Gasteiger partial charge in [0.15, 0.2) is 0 Å². The van der Waals surface area contributed by atoms with Gasteiger partial charge in [-0.05, 0) is 38.5 Å². The summed E-state index contributed by atoms with van der Waals surface area (Å²) in [6.07, 6.45) is 45.1. The van der Waals surface area contributed by atoms with Crippen molar-refractivity contribution < 1.29 is 37.3 Å². The number of phosphoric acid groups is 1. The second-order valence-corrected chi connectivity index (χ2v) is 18.9.